The highest BCUT2D eigenvalue weighted by Gasteiger charge is 2.38. The molecule has 0 aromatic heterocycles. The Morgan fingerprint density at radius 1 is 1.14 bits per heavy atom. The molecule has 28 heavy (non-hydrogen) atoms. The smallest absolute Gasteiger partial charge is 0.257 e. The van der Waals surface area contributed by atoms with E-state index in [9.17, 15) is 14.4 Å². The number of methoxy groups -OCH3 is 1. The third-order valence-corrected chi connectivity index (χ3v) is 5.64. The lowest BCUT2D eigenvalue weighted by atomic mass is 10.1. The first-order valence-electron chi connectivity index (χ1n) is 9.53. The van der Waals surface area contributed by atoms with E-state index in [1.54, 1.807) is 32.9 Å². The number of carbonyl (C=O) groups is 3. The monoisotopic (exact) mass is 407 g/mol. The van der Waals surface area contributed by atoms with Gasteiger partial charge < -0.3 is 19.4 Å². The number of benzene rings is 1. The molecule has 0 saturated carbocycles. The molecule has 8 heteroatoms. The highest BCUT2D eigenvalue weighted by molar-refractivity contribution is 6.31. The fourth-order valence-corrected chi connectivity index (χ4v) is 3.97. The summed E-state index contributed by atoms with van der Waals surface area (Å²) in [5.74, 6) is 0.0731. The molecule has 1 atom stereocenters. The Bertz CT molecular complexity index is 775. The molecule has 2 fully saturated rings. The maximum atomic E-state index is 12.9. The lowest BCUT2D eigenvalue weighted by Gasteiger charge is -2.36. The second kappa shape index (κ2) is 8.39. The second-order valence-electron chi connectivity index (χ2n) is 7.50. The minimum absolute atomic E-state index is 0.00364. The Balaban J connectivity index is 1.60. The van der Waals surface area contributed by atoms with Crippen LogP contribution in [-0.4, -0.2) is 78.3 Å². The third kappa shape index (κ3) is 4.09. The molecule has 2 saturated heterocycles. The molecule has 2 aliphatic heterocycles. The second-order valence-corrected chi connectivity index (χ2v) is 7.94. The maximum absolute atomic E-state index is 12.9. The maximum Gasteiger partial charge on any atom is 0.257 e. The number of halogens is 1. The van der Waals surface area contributed by atoms with Crippen LogP contribution in [0.25, 0.3) is 0 Å². The molecule has 1 unspecified atom stereocenters. The van der Waals surface area contributed by atoms with Gasteiger partial charge in [0, 0.05) is 50.2 Å². The molecule has 3 amide bonds. The predicted molar refractivity (Wildman–Crippen MR) is 105 cm³/mol. The number of likely N-dealkylation sites (tertiary alicyclic amines) is 1. The fourth-order valence-electron chi connectivity index (χ4n) is 3.80. The van der Waals surface area contributed by atoms with Gasteiger partial charge in [-0.05, 0) is 32.0 Å². The molecule has 2 heterocycles. The average Bonchev–Trinajstić information content (AvgIpc) is 3.09. The van der Waals surface area contributed by atoms with Crippen molar-refractivity contribution >= 4 is 29.3 Å². The summed E-state index contributed by atoms with van der Waals surface area (Å²) in [4.78, 5) is 43.0. The Hall–Kier alpha value is -2.28. The zero-order valence-electron chi connectivity index (χ0n) is 16.5. The largest absolute Gasteiger partial charge is 0.496 e. The Morgan fingerprint density at radius 2 is 1.79 bits per heavy atom. The summed E-state index contributed by atoms with van der Waals surface area (Å²) in [6.45, 7) is 6.19. The molecule has 3 rings (SSSR count). The Kier molecular flexibility index (Phi) is 6.13. The highest BCUT2D eigenvalue weighted by atomic mass is 35.5. The van der Waals surface area contributed by atoms with Crippen LogP contribution in [0.2, 0.25) is 5.02 Å². The van der Waals surface area contributed by atoms with E-state index < -0.39 is 0 Å². The zero-order valence-corrected chi connectivity index (χ0v) is 17.2. The van der Waals surface area contributed by atoms with Crippen LogP contribution < -0.4 is 4.74 Å². The number of carbonyl (C=O) groups excluding carboxylic acids is 3. The summed E-state index contributed by atoms with van der Waals surface area (Å²) in [7, 11) is 1.51. The summed E-state index contributed by atoms with van der Waals surface area (Å²) in [6, 6.07) is 5.06. The van der Waals surface area contributed by atoms with Crippen LogP contribution in [0.4, 0.5) is 0 Å². The van der Waals surface area contributed by atoms with Crippen molar-refractivity contribution in [1.29, 1.82) is 0 Å². The molecule has 2 aliphatic rings. The standard InChI is InChI=1S/C20H26ClN3O4/c1-13(2)24-12-14(10-18(24)25)19(26)22-6-8-23(9-7-22)20(27)16-11-15(21)4-5-17(16)28-3/h4-5,11,13-14H,6-10,12H2,1-3H3. The fraction of sp³-hybridized carbons (Fsp3) is 0.550. The number of nitrogens with zero attached hydrogens (tertiary/aromatic N) is 3. The van der Waals surface area contributed by atoms with Crippen molar-refractivity contribution in [3.8, 4) is 5.75 Å². The minimum atomic E-state index is -0.287. The summed E-state index contributed by atoms with van der Waals surface area (Å²) < 4.78 is 5.27. The molecule has 1 aromatic rings. The van der Waals surface area contributed by atoms with E-state index in [1.807, 2.05) is 13.8 Å². The van der Waals surface area contributed by atoms with E-state index in [1.165, 1.54) is 7.11 Å². The molecule has 0 radical (unpaired) electrons. The van der Waals surface area contributed by atoms with Gasteiger partial charge in [-0.25, -0.2) is 0 Å². The van der Waals surface area contributed by atoms with Gasteiger partial charge in [0.2, 0.25) is 11.8 Å². The molecule has 0 aliphatic carbocycles. The summed E-state index contributed by atoms with van der Waals surface area (Å²) in [6.07, 6.45) is 0.274. The van der Waals surface area contributed by atoms with Crippen molar-refractivity contribution in [2.45, 2.75) is 26.3 Å². The minimum Gasteiger partial charge on any atom is -0.496 e. The SMILES string of the molecule is COc1ccc(Cl)cc1C(=O)N1CCN(C(=O)C2CC(=O)N(C(C)C)C2)CC1. The predicted octanol–water partition coefficient (Wildman–Crippen LogP) is 1.89. The van der Waals surface area contributed by atoms with Crippen molar-refractivity contribution < 1.29 is 19.1 Å². The van der Waals surface area contributed by atoms with Crippen LogP contribution in [0, 0.1) is 5.92 Å². The molecular weight excluding hydrogens is 382 g/mol. The van der Waals surface area contributed by atoms with Crippen molar-refractivity contribution in [2.24, 2.45) is 5.92 Å². The van der Waals surface area contributed by atoms with Crippen molar-refractivity contribution in [3.05, 3.63) is 28.8 Å². The lowest BCUT2D eigenvalue weighted by Crippen LogP contribution is -2.52. The van der Waals surface area contributed by atoms with Gasteiger partial charge in [-0.2, -0.15) is 0 Å². The highest BCUT2D eigenvalue weighted by Crippen LogP contribution is 2.26. The molecule has 7 nitrogen and oxygen atoms in total. The van der Waals surface area contributed by atoms with Gasteiger partial charge in [0.15, 0.2) is 0 Å². The molecule has 152 valence electrons. The van der Waals surface area contributed by atoms with Crippen LogP contribution in [0.15, 0.2) is 18.2 Å². The lowest BCUT2D eigenvalue weighted by molar-refractivity contribution is -0.137. The number of amides is 3. The quantitative estimate of drug-likeness (QED) is 0.764. The first-order valence-corrected chi connectivity index (χ1v) is 9.90. The van der Waals surface area contributed by atoms with E-state index >= 15 is 0 Å². The Morgan fingerprint density at radius 3 is 2.36 bits per heavy atom. The van der Waals surface area contributed by atoms with Gasteiger partial charge in [0.1, 0.15) is 5.75 Å². The number of hydrogen-bond acceptors (Lipinski definition) is 4. The molecule has 1 aromatic carbocycles. The number of ether oxygens (including phenoxy) is 1. The van der Waals surface area contributed by atoms with Crippen LogP contribution in [0.5, 0.6) is 5.75 Å². The number of hydrogen-bond donors (Lipinski definition) is 0. The molecule has 0 spiro atoms. The van der Waals surface area contributed by atoms with Crippen LogP contribution in [-0.2, 0) is 9.59 Å². The van der Waals surface area contributed by atoms with E-state index in [2.05, 4.69) is 0 Å². The van der Waals surface area contributed by atoms with Crippen molar-refractivity contribution in [1.82, 2.24) is 14.7 Å². The zero-order chi connectivity index (χ0) is 20.4. The van der Waals surface area contributed by atoms with Crippen molar-refractivity contribution in [2.75, 3.05) is 39.8 Å². The Labute approximate surface area is 170 Å². The summed E-state index contributed by atoms with van der Waals surface area (Å²) in [5.41, 5.74) is 0.420. The van der Waals surface area contributed by atoms with Crippen LogP contribution >= 0.6 is 11.6 Å². The van der Waals surface area contributed by atoms with Gasteiger partial charge in [0.05, 0.1) is 18.6 Å². The third-order valence-electron chi connectivity index (χ3n) is 5.40. The van der Waals surface area contributed by atoms with Crippen LogP contribution in [0.3, 0.4) is 0 Å². The van der Waals surface area contributed by atoms with Gasteiger partial charge in [-0.1, -0.05) is 11.6 Å². The van der Waals surface area contributed by atoms with E-state index in [0.717, 1.165) is 0 Å². The number of piperazine rings is 1. The van der Waals surface area contributed by atoms with Gasteiger partial charge in [-0.15, -0.1) is 0 Å². The van der Waals surface area contributed by atoms with Gasteiger partial charge >= 0.3 is 0 Å². The average molecular weight is 408 g/mol. The molecule has 0 N–H and O–H groups in total. The molecular formula is C20H26ClN3O4. The van der Waals surface area contributed by atoms with Crippen LogP contribution in [0.1, 0.15) is 30.6 Å². The van der Waals surface area contributed by atoms with Gasteiger partial charge in [-0.3, -0.25) is 14.4 Å². The van der Waals surface area contributed by atoms with Gasteiger partial charge in [0.25, 0.3) is 5.91 Å². The van der Waals surface area contributed by atoms with E-state index in [0.29, 0.717) is 49.1 Å². The summed E-state index contributed by atoms with van der Waals surface area (Å²) in [5, 5.41) is 0.471. The summed E-state index contributed by atoms with van der Waals surface area (Å²) >= 11 is 6.03. The molecule has 0 bridgehead atoms. The first kappa shape index (κ1) is 20.5. The first-order chi connectivity index (χ1) is 13.3. The normalized spacial score (nSPS) is 20.1. The topological polar surface area (TPSA) is 70.2 Å². The van der Waals surface area contributed by atoms with E-state index in [-0.39, 0.29) is 36.1 Å². The van der Waals surface area contributed by atoms with E-state index in [4.69, 9.17) is 16.3 Å². The number of rotatable bonds is 4. The van der Waals surface area contributed by atoms with Crippen molar-refractivity contribution in [3.63, 3.8) is 0 Å².